The van der Waals surface area contributed by atoms with Crippen LogP contribution in [0.4, 0.5) is 10.5 Å². The van der Waals surface area contributed by atoms with E-state index in [1.807, 2.05) is 36.4 Å². The third-order valence-electron chi connectivity index (χ3n) is 3.52. The van der Waals surface area contributed by atoms with Crippen LogP contribution >= 0.6 is 0 Å². The molecule has 0 spiro atoms. The zero-order valence-electron chi connectivity index (χ0n) is 13.1. The summed E-state index contributed by atoms with van der Waals surface area (Å²) >= 11 is 0. The largest absolute Gasteiger partial charge is 0.468 e. The van der Waals surface area contributed by atoms with Crippen LogP contribution in [0.1, 0.15) is 17.0 Å². The second-order valence-corrected chi connectivity index (χ2v) is 5.28. The lowest BCUT2D eigenvalue weighted by Crippen LogP contribution is -2.12. The van der Waals surface area contributed by atoms with Crippen molar-refractivity contribution in [3.05, 3.63) is 59.7 Å². The molecule has 3 N–H and O–H groups in total. The summed E-state index contributed by atoms with van der Waals surface area (Å²) in [6, 6.07) is 11.4. The van der Waals surface area contributed by atoms with Crippen LogP contribution in [0.15, 0.2) is 51.6 Å². The van der Waals surface area contributed by atoms with E-state index < -0.39 is 6.09 Å². The van der Waals surface area contributed by atoms with E-state index in [4.69, 9.17) is 14.0 Å². The van der Waals surface area contributed by atoms with Crippen molar-refractivity contribution in [2.45, 2.75) is 20.0 Å². The lowest BCUT2D eigenvalue weighted by molar-refractivity contribution is 0.209. The molecule has 2 heterocycles. The lowest BCUT2D eigenvalue weighted by Gasteiger charge is -2.05. The molecular formula is C17H17N3O4. The molecule has 0 atom stereocenters. The molecule has 1 amide bonds. The Bertz CT molecular complexity index is 807. The van der Waals surface area contributed by atoms with Gasteiger partial charge in [-0.05, 0) is 24.6 Å². The number of carboxylic acid groups (broad SMARTS) is 1. The number of hydrogen-bond acceptors (Lipinski definition) is 5. The number of nitrogens with one attached hydrogen (secondary N) is 2. The molecule has 0 bridgehead atoms. The highest BCUT2D eigenvalue weighted by molar-refractivity contribution is 5.89. The topological polar surface area (TPSA) is 101 Å². The van der Waals surface area contributed by atoms with E-state index in [0.29, 0.717) is 30.2 Å². The highest BCUT2D eigenvalue weighted by Gasteiger charge is 2.16. The van der Waals surface area contributed by atoms with Crippen LogP contribution in [0.2, 0.25) is 0 Å². The van der Waals surface area contributed by atoms with Crippen LogP contribution in [0.3, 0.4) is 0 Å². The first-order valence-corrected chi connectivity index (χ1v) is 7.42. The number of rotatable bonds is 6. The Morgan fingerprint density at radius 2 is 2.00 bits per heavy atom. The zero-order chi connectivity index (χ0) is 16.9. The molecule has 3 aromatic rings. The number of carbonyl (C=O) groups is 1. The maximum atomic E-state index is 10.9. The highest BCUT2D eigenvalue weighted by atomic mass is 16.5. The molecule has 0 aliphatic heterocycles. The molecule has 124 valence electrons. The summed E-state index contributed by atoms with van der Waals surface area (Å²) in [5.41, 5.74) is 2.71. The van der Waals surface area contributed by atoms with Gasteiger partial charge >= 0.3 is 6.09 Å². The Kier molecular flexibility index (Phi) is 4.62. The van der Waals surface area contributed by atoms with Crippen LogP contribution in [0.25, 0.3) is 11.3 Å². The summed E-state index contributed by atoms with van der Waals surface area (Å²) in [7, 11) is 0. The van der Waals surface area contributed by atoms with Crippen LogP contribution in [0.5, 0.6) is 0 Å². The minimum Gasteiger partial charge on any atom is -0.468 e. The van der Waals surface area contributed by atoms with E-state index in [-0.39, 0.29) is 0 Å². The summed E-state index contributed by atoms with van der Waals surface area (Å²) in [6.07, 6.45) is 0.495. The van der Waals surface area contributed by atoms with Gasteiger partial charge in [-0.3, -0.25) is 5.32 Å². The molecule has 0 aliphatic rings. The highest BCUT2D eigenvalue weighted by Crippen LogP contribution is 2.30. The van der Waals surface area contributed by atoms with Gasteiger partial charge in [-0.15, -0.1) is 0 Å². The molecule has 24 heavy (non-hydrogen) atoms. The Morgan fingerprint density at radius 3 is 2.67 bits per heavy atom. The number of aryl methyl sites for hydroxylation is 1. The summed E-state index contributed by atoms with van der Waals surface area (Å²) in [6.45, 7) is 3.03. The number of amides is 1. The second kappa shape index (κ2) is 7.01. The van der Waals surface area contributed by atoms with Gasteiger partial charge in [-0.2, -0.15) is 0 Å². The van der Waals surface area contributed by atoms with Gasteiger partial charge in [0, 0.05) is 12.1 Å². The van der Waals surface area contributed by atoms with Crippen LogP contribution < -0.4 is 10.6 Å². The molecule has 0 saturated heterocycles. The minimum atomic E-state index is -1.15. The third kappa shape index (κ3) is 3.64. The number of hydrogen-bond donors (Lipinski definition) is 3. The molecule has 0 radical (unpaired) electrons. The van der Waals surface area contributed by atoms with Crippen molar-refractivity contribution in [1.29, 1.82) is 0 Å². The molecule has 0 fully saturated rings. The van der Waals surface area contributed by atoms with Crippen molar-refractivity contribution in [3.8, 4) is 11.3 Å². The fourth-order valence-corrected chi connectivity index (χ4v) is 2.34. The monoisotopic (exact) mass is 327 g/mol. The molecule has 3 rings (SSSR count). The molecule has 7 heteroatoms. The van der Waals surface area contributed by atoms with E-state index >= 15 is 0 Å². The predicted molar refractivity (Wildman–Crippen MR) is 87.6 cm³/mol. The Hall–Kier alpha value is -3.06. The van der Waals surface area contributed by atoms with E-state index in [9.17, 15) is 4.79 Å². The Morgan fingerprint density at radius 1 is 1.21 bits per heavy atom. The molecule has 0 aliphatic carbocycles. The molecule has 1 aromatic carbocycles. The van der Waals surface area contributed by atoms with Gasteiger partial charge in [-0.1, -0.05) is 29.4 Å². The summed E-state index contributed by atoms with van der Waals surface area (Å²) < 4.78 is 10.5. The fourth-order valence-electron chi connectivity index (χ4n) is 2.34. The van der Waals surface area contributed by atoms with Crippen LogP contribution in [0, 0.1) is 6.92 Å². The van der Waals surface area contributed by atoms with Gasteiger partial charge in [0.15, 0.2) is 5.76 Å². The van der Waals surface area contributed by atoms with Gasteiger partial charge in [0.25, 0.3) is 0 Å². The summed E-state index contributed by atoms with van der Waals surface area (Å²) in [5.74, 6) is 1.29. The van der Waals surface area contributed by atoms with Crippen molar-refractivity contribution in [2.75, 3.05) is 5.32 Å². The van der Waals surface area contributed by atoms with Crippen molar-refractivity contribution in [1.82, 2.24) is 10.5 Å². The van der Waals surface area contributed by atoms with Crippen molar-refractivity contribution >= 4 is 11.8 Å². The van der Waals surface area contributed by atoms with Crippen LogP contribution in [-0.4, -0.2) is 16.4 Å². The maximum absolute atomic E-state index is 10.9. The van der Waals surface area contributed by atoms with E-state index in [1.165, 1.54) is 0 Å². The SMILES string of the molecule is Cc1noc(-c2ccc(CNCc3ccco3)cc2)c1NC(=O)O. The smallest absolute Gasteiger partial charge is 0.409 e. The minimum absolute atomic E-state index is 0.367. The van der Waals surface area contributed by atoms with E-state index in [2.05, 4.69) is 15.8 Å². The molecule has 0 saturated carbocycles. The van der Waals surface area contributed by atoms with Gasteiger partial charge in [0.1, 0.15) is 17.1 Å². The van der Waals surface area contributed by atoms with E-state index in [1.54, 1.807) is 13.2 Å². The van der Waals surface area contributed by atoms with Gasteiger partial charge in [-0.25, -0.2) is 4.79 Å². The first kappa shape index (κ1) is 15.8. The third-order valence-corrected chi connectivity index (χ3v) is 3.52. The molecular weight excluding hydrogens is 310 g/mol. The number of benzene rings is 1. The lowest BCUT2D eigenvalue weighted by atomic mass is 10.1. The quantitative estimate of drug-likeness (QED) is 0.639. The van der Waals surface area contributed by atoms with Crippen molar-refractivity contribution in [3.63, 3.8) is 0 Å². The average Bonchev–Trinajstić information content (AvgIpc) is 3.19. The van der Waals surface area contributed by atoms with Gasteiger partial charge in [0.05, 0.1) is 12.8 Å². The predicted octanol–water partition coefficient (Wildman–Crippen LogP) is 3.62. The molecule has 0 unspecified atom stereocenters. The first-order valence-electron chi connectivity index (χ1n) is 7.42. The second-order valence-electron chi connectivity index (χ2n) is 5.28. The normalized spacial score (nSPS) is 10.7. The average molecular weight is 327 g/mol. The zero-order valence-corrected chi connectivity index (χ0v) is 13.1. The maximum Gasteiger partial charge on any atom is 0.409 e. The first-order chi connectivity index (χ1) is 11.6. The van der Waals surface area contributed by atoms with Crippen LogP contribution in [-0.2, 0) is 13.1 Å². The molecule has 2 aromatic heterocycles. The van der Waals surface area contributed by atoms with Crippen molar-refractivity contribution in [2.24, 2.45) is 0 Å². The van der Waals surface area contributed by atoms with Crippen molar-refractivity contribution < 1.29 is 18.8 Å². The number of furan rings is 1. The standard InChI is InChI=1S/C17H17N3O4/c1-11-15(19-17(21)22)16(24-20-11)13-6-4-12(5-7-13)9-18-10-14-3-2-8-23-14/h2-8,18-19H,9-10H2,1H3,(H,21,22). The number of nitrogens with zero attached hydrogens (tertiary/aromatic N) is 1. The number of aromatic nitrogens is 1. The fraction of sp³-hybridized carbons (Fsp3) is 0.176. The summed E-state index contributed by atoms with van der Waals surface area (Å²) in [4.78, 5) is 10.9. The Labute approximate surface area is 138 Å². The Balaban J connectivity index is 1.67. The summed E-state index contributed by atoms with van der Waals surface area (Å²) in [5, 5.41) is 18.3. The van der Waals surface area contributed by atoms with Gasteiger partial charge < -0.3 is 19.4 Å². The molecule has 7 nitrogen and oxygen atoms in total. The van der Waals surface area contributed by atoms with E-state index in [0.717, 1.165) is 16.9 Å². The van der Waals surface area contributed by atoms with Gasteiger partial charge in [0.2, 0.25) is 0 Å². The number of anilines is 1.